The van der Waals surface area contributed by atoms with E-state index in [0.29, 0.717) is 6.61 Å². The summed E-state index contributed by atoms with van der Waals surface area (Å²) in [5.74, 6) is 0.540. The van der Waals surface area contributed by atoms with Crippen LogP contribution in [0, 0.1) is 0 Å². The smallest absolute Gasteiger partial charge is 0.378 e. The van der Waals surface area contributed by atoms with Crippen molar-refractivity contribution >= 4 is 5.97 Å². The predicted molar refractivity (Wildman–Crippen MR) is 59.7 cm³/mol. The molecule has 2 unspecified atom stereocenters. The molecule has 94 valence electrons. The second kappa shape index (κ2) is 5.27. The maximum atomic E-state index is 11.4. The van der Waals surface area contributed by atoms with Crippen LogP contribution in [-0.4, -0.2) is 40.5 Å². The zero-order chi connectivity index (χ0) is 12.3. The molecule has 2 heterocycles. The summed E-state index contributed by atoms with van der Waals surface area (Å²) in [4.78, 5) is 15.6. The standard InChI is InChI=1S/C11H17N3O3/c1-3-8-7(5-6-17-8)9-12-10(14-13-9)11(15)16-4-2/h7-8H,3-6H2,1-2H3,(H,12,13,14). The van der Waals surface area contributed by atoms with E-state index in [-0.39, 0.29) is 17.8 Å². The third kappa shape index (κ3) is 2.46. The number of rotatable bonds is 4. The SMILES string of the molecule is CCOC(=O)c1n[nH]c(C2CCOC2CC)n1. The Morgan fingerprint density at radius 1 is 1.59 bits per heavy atom. The van der Waals surface area contributed by atoms with Crippen molar-refractivity contribution in [2.45, 2.75) is 38.7 Å². The fraction of sp³-hybridized carbons (Fsp3) is 0.727. The second-order valence-corrected chi connectivity index (χ2v) is 3.98. The molecule has 1 aromatic heterocycles. The molecule has 2 atom stereocenters. The molecule has 1 aromatic rings. The average molecular weight is 239 g/mol. The van der Waals surface area contributed by atoms with Crippen molar-refractivity contribution in [3.63, 3.8) is 0 Å². The maximum Gasteiger partial charge on any atom is 0.378 e. The van der Waals surface area contributed by atoms with Crippen LogP contribution < -0.4 is 0 Å². The van der Waals surface area contributed by atoms with E-state index < -0.39 is 5.97 Å². The molecule has 0 amide bonds. The van der Waals surface area contributed by atoms with Crippen LogP contribution in [0.5, 0.6) is 0 Å². The number of aromatic amines is 1. The summed E-state index contributed by atoms with van der Waals surface area (Å²) in [5, 5.41) is 6.69. The topological polar surface area (TPSA) is 77.1 Å². The summed E-state index contributed by atoms with van der Waals surface area (Å²) in [6.45, 7) is 4.89. The Balaban J connectivity index is 2.09. The summed E-state index contributed by atoms with van der Waals surface area (Å²) in [6, 6.07) is 0. The van der Waals surface area contributed by atoms with Crippen LogP contribution in [0.25, 0.3) is 0 Å². The van der Waals surface area contributed by atoms with Gasteiger partial charge in [0.1, 0.15) is 5.82 Å². The van der Waals surface area contributed by atoms with Crippen LogP contribution >= 0.6 is 0 Å². The summed E-state index contributed by atoms with van der Waals surface area (Å²) >= 11 is 0. The first-order valence-corrected chi connectivity index (χ1v) is 5.97. The molecule has 0 aromatic carbocycles. The van der Waals surface area contributed by atoms with E-state index in [1.54, 1.807) is 6.92 Å². The van der Waals surface area contributed by atoms with Gasteiger partial charge < -0.3 is 9.47 Å². The number of esters is 1. The number of carbonyl (C=O) groups excluding carboxylic acids is 1. The summed E-state index contributed by atoms with van der Waals surface area (Å²) in [7, 11) is 0. The quantitative estimate of drug-likeness (QED) is 0.800. The van der Waals surface area contributed by atoms with Gasteiger partial charge in [0.15, 0.2) is 0 Å². The van der Waals surface area contributed by atoms with Crippen molar-refractivity contribution in [1.82, 2.24) is 15.2 Å². The molecule has 17 heavy (non-hydrogen) atoms. The van der Waals surface area contributed by atoms with Gasteiger partial charge in [-0.2, -0.15) is 0 Å². The van der Waals surface area contributed by atoms with E-state index in [1.165, 1.54) is 0 Å². The minimum atomic E-state index is -0.484. The van der Waals surface area contributed by atoms with E-state index in [4.69, 9.17) is 9.47 Å². The number of hydrogen-bond acceptors (Lipinski definition) is 5. The Labute approximate surface area is 99.7 Å². The molecule has 6 nitrogen and oxygen atoms in total. The lowest BCUT2D eigenvalue weighted by molar-refractivity contribution is 0.0512. The largest absolute Gasteiger partial charge is 0.460 e. The monoisotopic (exact) mass is 239 g/mol. The predicted octanol–water partition coefficient (Wildman–Crippen LogP) is 1.26. The van der Waals surface area contributed by atoms with Gasteiger partial charge in [0, 0.05) is 12.5 Å². The zero-order valence-corrected chi connectivity index (χ0v) is 10.1. The molecule has 0 spiro atoms. The van der Waals surface area contributed by atoms with Gasteiger partial charge in [-0.05, 0) is 19.8 Å². The van der Waals surface area contributed by atoms with Crippen molar-refractivity contribution in [1.29, 1.82) is 0 Å². The lowest BCUT2D eigenvalue weighted by Crippen LogP contribution is -2.14. The number of aromatic nitrogens is 3. The lowest BCUT2D eigenvalue weighted by Gasteiger charge is -2.13. The zero-order valence-electron chi connectivity index (χ0n) is 10.1. The molecule has 1 aliphatic heterocycles. The summed E-state index contributed by atoms with van der Waals surface area (Å²) in [6.07, 6.45) is 2.01. The number of ether oxygens (including phenoxy) is 2. The highest BCUT2D eigenvalue weighted by molar-refractivity contribution is 5.84. The fourth-order valence-corrected chi connectivity index (χ4v) is 2.09. The molecular weight excluding hydrogens is 222 g/mol. The van der Waals surface area contributed by atoms with Crippen LogP contribution in [0.1, 0.15) is 49.1 Å². The van der Waals surface area contributed by atoms with Crippen molar-refractivity contribution in [3.05, 3.63) is 11.6 Å². The third-order valence-electron chi connectivity index (χ3n) is 2.92. The van der Waals surface area contributed by atoms with Crippen LogP contribution in [0.3, 0.4) is 0 Å². The highest BCUT2D eigenvalue weighted by Gasteiger charge is 2.31. The van der Waals surface area contributed by atoms with E-state index in [0.717, 1.165) is 25.3 Å². The number of carbonyl (C=O) groups is 1. The van der Waals surface area contributed by atoms with Gasteiger partial charge in [0.05, 0.1) is 12.7 Å². The van der Waals surface area contributed by atoms with Gasteiger partial charge in [-0.3, -0.25) is 5.10 Å². The van der Waals surface area contributed by atoms with Gasteiger partial charge in [0.25, 0.3) is 5.82 Å². The van der Waals surface area contributed by atoms with Gasteiger partial charge in [-0.25, -0.2) is 9.78 Å². The van der Waals surface area contributed by atoms with Crippen molar-refractivity contribution in [2.24, 2.45) is 0 Å². The molecule has 0 bridgehead atoms. The molecule has 1 aliphatic rings. The molecule has 0 saturated carbocycles. The van der Waals surface area contributed by atoms with Crippen LogP contribution in [0.4, 0.5) is 0 Å². The number of nitrogens with zero attached hydrogens (tertiary/aromatic N) is 2. The molecule has 0 aliphatic carbocycles. The van der Waals surface area contributed by atoms with E-state index >= 15 is 0 Å². The first-order valence-electron chi connectivity index (χ1n) is 5.97. The first-order chi connectivity index (χ1) is 8.26. The Morgan fingerprint density at radius 3 is 3.12 bits per heavy atom. The molecule has 1 N–H and O–H groups in total. The van der Waals surface area contributed by atoms with Gasteiger partial charge in [0.2, 0.25) is 0 Å². The summed E-state index contributed by atoms with van der Waals surface area (Å²) < 4.78 is 10.4. The van der Waals surface area contributed by atoms with Crippen LogP contribution in [0.15, 0.2) is 0 Å². The van der Waals surface area contributed by atoms with E-state index in [1.807, 2.05) is 0 Å². The number of hydrogen-bond donors (Lipinski definition) is 1. The summed E-state index contributed by atoms with van der Waals surface area (Å²) in [5.41, 5.74) is 0. The Bertz CT molecular complexity index is 391. The molecular formula is C11H17N3O3. The number of nitrogens with one attached hydrogen (secondary N) is 1. The van der Waals surface area contributed by atoms with Gasteiger partial charge >= 0.3 is 5.97 Å². The normalized spacial score (nSPS) is 23.9. The van der Waals surface area contributed by atoms with Crippen LogP contribution in [-0.2, 0) is 9.47 Å². The minimum absolute atomic E-state index is 0.101. The Hall–Kier alpha value is -1.43. The Morgan fingerprint density at radius 2 is 2.41 bits per heavy atom. The average Bonchev–Trinajstić information content (AvgIpc) is 2.97. The van der Waals surface area contributed by atoms with Crippen LogP contribution in [0.2, 0.25) is 0 Å². The third-order valence-corrected chi connectivity index (χ3v) is 2.92. The molecule has 1 fully saturated rings. The lowest BCUT2D eigenvalue weighted by atomic mass is 9.99. The highest BCUT2D eigenvalue weighted by atomic mass is 16.5. The van der Waals surface area contributed by atoms with Gasteiger partial charge in [-0.1, -0.05) is 6.92 Å². The fourth-order valence-electron chi connectivity index (χ4n) is 2.09. The molecule has 2 rings (SSSR count). The van der Waals surface area contributed by atoms with Gasteiger partial charge in [-0.15, -0.1) is 5.10 Å². The van der Waals surface area contributed by atoms with Crippen molar-refractivity contribution < 1.29 is 14.3 Å². The molecule has 6 heteroatoms. The molecule has 1 saturated heterocycles. The number of H-pyrrole nitrogens is 1. The second-order valence-electron chi connectivity index (χ2n) is 3.98. The minimum Gasteiger partial charge on any atom is -0.460 e. The van der Waals surface area contributed by atoms with E-state index in [9.17, 15) is 4.79 Å². The van der Waals surface area contributed by atoms with E-state index in [2.05, 4.69) is 22.1 Å². The first kappa shape index (κ1) is 12.0. The maximum absolute atomic E-state index is 11.4. The van der Waals surface area contributed by atoms with Crippen molar-refractivity contribution in [3.8, 4) is 0 Å². The highest BCUT2D eigenvalue weighted by Crippen LogP contribution is 2.30. The Kier molecular flexibility index (Phi) is 3.73. The molecule has 0 radical (unpaired) electrons. The van der Waals surface area contributed by atoms with Crippen molar-refractivity contribution in [2.75, 3.05) is 13.2 Å².